The zero-order valence-electron chi connectivity index (χ0n) is 10.7. The summed E-state index contributed by atoms with van der Waals surface area (Å²) < 4.78 is 186. The van der Waals surface area contributed by atoms with Gasteiger partial charge in [0.1, 0.15) is 0 Å². The quantitative estimate of drug-likeness (QED) is 0.570. The topological polar surface area (TPSA) is 20.2 Å². The molecule has 0 aliphatic rings. The Labute approximate surface area is 133 Å². The van der Waals surface area contributed by atoms with Gasteiger partial charge in [0.05, 0.1) is 0 Å². The molecule has 0 radical (unpaired) electrons. The summed E-state index contributed by atoms with van der Waals surface area (Å²) in [4.78, 5) is 0. The van der Waals surface area contributed by atoms with Crippen molar-refractivity contribution in [1.29, 1.82) is 0 Å². The lowest BCUT2D eigenvalue weighted by Crippen LogP contribution is -2.72. The molecule has 0 aromatic heterocycles. The van der Waals surface area contributed by atoms with E-state index in [4.69, 9.17) is 5.11 Å². The zero-order valence-corrected chi connectivity index (χ0v) is 11.5. The van der Waals surface area contributed by atoms with Crippen LogP contribution in [0.5, 0.6) is 0 Å². The second-order valence-corrected chi connectivity index (χ2v) is 4.20. The lowest BCUT2D eigenvalue weighted by Gasteiger charge is -2.40. The van der Waals surface area contributed by atoms with Crippen molar-refractivity contribution in [2.75, 3.05) is 0 Å². The molecule has 0 saturated carbocycles. The summed E-state index contributed by atoms with van der Waals surface area (Å²) in [6, 6.07) is 0. The van der Waals surface area contributed by atoms with Crippen LogP contribution in [0.15, 0.2) is 0 Å². The van der Waals surface area contributed by atoms with Crippen LogP contribution in [0, 0.1) is 0 Å². The number of hydrogen-bond donors (Lipinski definition) is 1. The van der Waals surface area contributed by atoms with E-state index >= 15 is 0 Å². The Morgan fingerprint density at radius 3 is 1.04 bits per heavy atom. The number of alkyl halides is 15. The number of aliphatic hydroxyl groups is 1. The van der Waals surface area contributed by atoms with Crippen LogP contribution in [0.2, 0.25) is 0 Å². The minimum Gasteiger partial charge on any atom is -0.331 e. The maximum atomic E-state index is 12.8. The number of halogens is 16. The molecule has 0 fully saturated rings. The third kappa shape index (κ3) is 3.55. The normalized spacial score (nSPS) is 16.7. The Morgan fingerprint density at radius 1 is 0.520 bits per heavy atom. The van der Waals surface area contributed by atoms with Gasteiger partial charge in [-0.25, -0.2) is 13.2 Å². The van der Waals surface area contributed by atoms with Crippen LogP contribution in [-0.2, 0) is 0 Å². The average Bonchev–Trinajstić information content (AvgIpc) is 2.35. The summed E-state index contributed by atoms with van der Waals surface area (Å²) >= 11 is 0. The molecule has 154 valence electrons. The molecule has 1 unspecified atom stereocenters. The minimum atomic E-state index is -8.20. The maximum absolute atomic E-state index is 12.8. The van der Waals surface area contributed by atoms with Gasteiger partial charge in [-0.1, -0.05) is 0 Å². The van der Waals surface area contributed by atoms with E-state index in [2.05, 4.69) is 0 Å². The Balaban J connectivity index is 0. The first-order chi connectivity index (χ1) is 10.1. The van der Waals surface area contributed by atoms with E-state index in [0.717, 1.165) is 0 Å². The first-order valence-corrected chi connectivity index (χ1v) is 5.02. The van der Waals surface area contributed by atoms with Gasteiger partial charge < -0.3 is 5.11 Å². The van der Waals surface area contributed by atoms with Gasteiger partial charge in [-0.15, -0.1) is 12.4 Å². The van der Waals surface area contributed by atoms with E-state index in [1.165, 1.54) is 0 Å². The molecule has 0 bridgehead atoms. The number of rotatable bonds is 7. The molecule has 0 aliphatic carbocycles. The van der Waals surface area contributed by atoms with Gasteiger partial charge >= 0.3 is 35.7 Å². The summed E-state index contributed by atoms with van der Waals surface area (Å²) in [6.45, 7) is 0. The smallest absolute Gasteiger partial charge is 0.331 e. The average molecular weight is 437 g/mol. The van der Waals surface area contributed by atoms with Crippen molar-refractivity contribution in [2.24, 2.45) is 0 Å². The minimum absolute atomic E-state index is 0. The van der Waals surface area contributed by atoms with Gasteiger partial charge in [-0.2, -0.15) is 52.7 Å². The van der Waals surface area contributed by atoms with Crippen LogP contribution >= 0.6 is 12.4 Å². The van der Waals surface area contributed by atoms with E-state index in [1.54, 1.807) is 0 Å². The van der Waals surface area contributed by atoms with E-state index in [9.17, 15) is 65.9 Å². The lowest BCUT2D eigenvalue weighted by molar-refractivity contribution is -0.455. The fourth-order valence-electron chi connectivity index (χ4n) is 1.12. The largest absolute Gasteiger partial charge is 0.423 e. The zero-order chi connectivity index (χ0) is 20.2. The SMILES string of the molecule is Cl.OC(F)(F)C(F)(F)C(F)(F)C(F)(F)C(F)(F)C(F)(F)C(F)C(F)F. The van der Waals surface area contributed by atoms with E-state index < -0.39 is 48.3 Å². The van der Waals surface area contributed by atoms with Crippen LogP contribution in [0.3, 0.4) is 0 Å². The molecule has 0 aromatic carbocycles. The highest BCUT2D eigenvalue weighted by Gasteiger charge is 2.91. The first kappa shape index (κ1) is 26.4. The van der Waals surface area contributed by atoms with Gasteiger partial charge in [0.15, 0.2) is 0 Å². The highest BCUT2D eigenvalue weighted by atomic mass is 35.5. The van der Waals surface area contributed by atoms with Gasteiger partial charge in [0, 0.05) is 0 Å². The Morgan fingerprint density at radius 2 is 0.800 bits per heavy atom. The van der Waals surface area contributed by atoms with E-state index in [-0.39, 0.29) is 12.4 Å². The molecule has 1 N–H and O–H groups in total. The van der Waals surface area contributed by atoms with Crippen molar-refractivity contribution < 1.29 is 71.0 Å². The molecule has 0 amide bonds. The van der Waals surface area contributed by atoms with E-state index in [1.807, 2.05) is 0 Å². The van der Waals surface area contributed by atoms with Crippen LogP contribution in [0.1, 0.15) is 0 Å². The standard InChI is InChI=1S/C8H3F15O.ClH/c9-1(2(10)11)3(12,13)4(14,15)5(16,17)6(18,19)7(20,21)8(22,23)24;/h1-2,24H;1H. The fraction of sp³-hybridized carbons (Fsp3) is 1.00. The highest BCUT2D eigenvalue weighted by molar-refractivity contribution is 5.85. The summed E-state index contributed by atoms with van der Waals surface area (Å²) in [5.41, 5.74) is 0. The Kier molecular flexibility index (Phi) is 7.12. The lowest BCUT2D eigenvalue weighted by atomic mass is 9.92. The van der Waals surface area contributed by atoms with Gasteiger partial charge in [-0.3, -0.25) is 0 Å². The molecule has 0 rings (SSSR count). The third-order valence-corrected chi connectivity index (χ3v) is 2.55. The van der Waals surface area contributed by atoms with Gasteiger partial charge in [0.2, 0.25) is 6.17 Å². The van der Waals surface area contributed by atoms with Gasteiger partial charge in [-0.05, 0) is 0 Å². The van der Waals surface area contributed by atoms with Crippen molar-refractivity contribution >= 4 is 12.4 Å². The molecule has 1 atom stereocenters. The monoisotopic (exact) mass is 436 g/mol. The molecule has 1 nitrogen and oxygen atoms in total. The van der Waals surface area contributed by atoms with Crippen molar-refractivity contribution in [1.82, 2.24) is 0 Å². The Hall–Kier alpha value is -0.800. The molecule has 0 heterocycles. The molecule has 0 aromatic rings. The fourth-order valence-corrected chi connectivity index (χ4v) is 1.12. The summed E-state index contributed by atoms with van der Waals surface area (Å²) in [7, 11) is 0. The summed E-state index contributed by atoms with van der Waals surface area (Å²) in [5.74, 6) is -39.5. The first-order valence-electron chi connectivity index (χ1n) is 5.02. The third-order valence-electron chi connectivity index (χ3n) is 2.55. The number of hydrogen-bond acceptors (Lipinski definition) is 1. The molecule has 0 aliphatic heterocycles. The highest BCUT2D eigenvalue weighted by Crippen LogP contribution is 2.60. The second kappa shape index (κ2) is 6.74. The molecule has 17 heteroatoms. The summed E-state index contributed by atoms with van der Waals surface area (Å²) in [6.07, 6.45) is -17.8. The van der Waals surface area contributed by atoms with Crippen molar-refractivity contribution in [2.45, 2.75) is 48.3 Å². The maximum Gasteiger partial charge on any atom is 0.423 e. The predicted molar refractivity (Wildman–Crippen MR) is 50.0 cm³/mol. The molecular formula is C8H4ClF15O. The van der Waals surface area contributed by atoms with Crippen molar-refractivity contribution in [3.05, 3.63) is 0 Å². The molecule has 0 spiro atoms. The Bertz CT molecular complexity index is 455. The molecule has 0 saturated heterocycles. The van der Waals surface area contributed by atoms with Crippen LogP contribution in [-0.4, -0.2) is 53.4 Å². The second-order valence-electron chi connectivity index (χ2n) is 4.20. The van der Waals surface area contributed by atoms with Crippen LogP contribution < -0.4 is 0 Å². The predicted octanol–water partition coefficient (Wildman–Crippen LogP) is 4.77. The van der Waals surface area contributed by atoms with Gasteiger partial charge in [0.25, 0.3) is 6.43 Å². The molecule has 25 heavy (non-hydrogen) atoms. The van der Waals surface area contributed by atoms with Crippen LogP contribution in [0.4, 0.5) is 65.9 Å². The van der Waals surface area contributed by atoms with Crippen molar-refractivity contribution in [3.8, 4) is 0 Å². The summed E-state index contributed by atoms with van der Waals surface area (Å²) in [5, 5.41) is 7.39. The van der Waals surface area contributed by atoms with Crippen LogP contribution in [0.25, 0.3) is 0 Å². The molecular weight excluding hydrogens is 433 g/mol. The van der Waals surface area contributed by atoms with Crippen molar-refractivity contribution in [3.63, 3.8) is 0 Å². The van der Waals surface area contributed by atoms with E-state index in [0.29, 0.717) is 0 Å².